The molecule has 0 spiro atoms. The average Bonchev–Trinajstić information content (AvgIpc) is 2.31. The molecule has 0 saturated carbocycles. The summed E-state index contributed by atoms with van der Waals surface area (Å²) >= 11 is 0. The third-order valence-electron chi connectivity index (χ3n) is 3.41. The molecule has 0 amide bonds. The van der Waals surface area contributed by atoms with E-state index in [1.165, 1.54) is 30.4 Å². The fourth-order valence-corrected chi connectivity index (χ4v) is 2.34. The zero-order valence-corrected chi connectivity index (χ0v) is 12.7. The van der Waals surface area contributed by atoms with Gasteiger partial charge in [0.15, 0.2) is 0 Å². The maximum absolute atomic E-state index is 3.43. The third-order valence-corrected chi connectivity index (χ3v) is 3.41. The molecule has 0 heterocycles. The van der Waals surface area contributed by atoms with E-state index in [4.69, 9.17) is 0 Å². The predicted octanol–water partition coefficient (Wildman–Crippen LogP) is 4.58. The number of hydrogen-bond donors (Lipinski definition) is 1. The van der Waals surface area contributed by atoms with Gasteiger partial charge in [-0.2, -0.15) is 0 Å². The summed E-state index contributed by atoms with van der Waals surface area (Å²) in [6.45, 7) is 9.12. The van der Waals surface area contributed by atoms with E-state index in [2.05, 4.69) is 64.3 Å². The highest BCUT2D eigenvalue weighted by Gasteiger charge is 2.10. The lowest BCUT2D eigenvalue weighted by molar-refractivity contribution is 0.465. The Kier molecular flexibility index (Phi) is 6.42. The molecule has 0 aliphatic heterocycles. The first-order valence-corrected chi connectivity index (χ1v) is 7.29. The van der Waals surface area contributed by atoms with E-state index in [1.807, 2.05) is 0 Å². The lowest BCUT2D eigenvalue weighted by Gasteiger charge is -2.18. The second-order valence-corrected chi connectivity index (χ2v) is 6.15. The summed E-state index contributed by atoms with van der Waals surface area (Å²) in [5.41, 5.74) is 2.87. The summed E-state index contributed by atoms with van der Waals surface area (Å²) in [7, 11) is 2.06. The third kappa shape index (κ3) is 5.22. The smallest absolute Gasteiger partial charge is 0.0317 e. The molecule has 0 aliphatic carbocycles. The first-order valence-electron chi connectivity index (χ1n) is 7.29. The maximum Gasteiger partial charge on any atom is 0.0317 e. The van der Waals surface area contributed by atoms with Crippen LogP contribution in [0.25, 0.3) is 0 Å². The molecule has 1 rings (SSSR count). The van der Waals surface area contributed by atoms with Crippen molar-refractivity contribution in [2.24, 2.45) is 11.8 Å². The van der Waals surface area contributed by atoms with E-state index in [1.54, 1.807) is 0 Å². The summed E-state index contributed by atoms with van der Waals surface area (Å²) < 4.78 is 0. The van der Waals surface area contributed by atoms with Gasteiger partial charge >= 0.3 is 0 Å². The van der Waals surface area contributed by atoms with E-state index in [-0.39, 0.29) is 0 Å². The van der Waals surface area contributed by atoms with E-state index in [9.17, 15) is 0 Å². The van der Waals surface area contributed by atoms with Crippen molar-refractivity contribution in [2.45, 2.75) is 53.0 Å². The van der Waals surface area contributed by atoms with Crippen molar-refractivity contribution < 1.29 is 0 Å². The van der Waals surface area contributed by atoms with Crippen LogP contribution in [-0.2, 0) is 6.42 Å². The Labute approximate surface area is 113 Å². The zero-order chi connectivity index (χ0) is 13.5. The van der Waals surface area contributed by atoms with E-state index < -0.39 is 0 Å². The minimum atomic E-state index is 0.500. The van der Waals surface area contributed by atoms with Crippen molar-refractivity contribution in [3.8, 4) is 0 Å². The monoisotopic (exact) mass is 247 g/mol. The Bertz CT molecular complexity index is 324. The molecule has 0 radical (unpaired) electrons. The Morgan fingerprint density at radius 1 is 0.889 bits per heavy atom. The quantitative estimate of drug-likeness (QED) is 0.743. The van der Waals surface area contributed by atoms with Crippen LogP contribution in [0.2, 0.25) is 0 Å². The van der Waals surface area contributed by atoms with Crippen LogP contribution in [0.3, 0.4) is 0 Å². The van der Waals surface area contributed by atoms with Gasteiger partial charge in [-0.3, -0.25) is 0 Å². The molecule has 1 heteroatoms. The van der Waals surface area contributed by atoms with Crippen LogP contribution in [-0.4, -0.2) is 7.05 Å². The molecule has 0 fully saturated rings. The van der Waals surface area contributed by atoms with Crippen molar-refractivity contribution >= 4 is 0 Å². The van der Waals surface area contributed by atoms with E-state index in [0.717, 1.165) is 11.8 Å². The lowest BCUT2D eigenvalue weighted by Crippen LogP contribution is -2.17. The minimum Gasteiger partial charge on any atom is -0.313 e. The summed E-state index contributed by atoms with van der Waals surface area (Å²) in [5.74, 6) is 1.51. The molecule has 1 aromatic carbocycles. The van der Waals surface area contributed by atoms with Crippen molar-refractivity contribution in [3.63, 3.8) is 0 Å². The summed E-state index contributed by atoms with van der Waals surface area (Å²) in [5, 5.41) is 3.43. The van der Waals surface area contributed by atoms with Crippen molar-refractivity contribution in [1.29, 1.82) is 0 Å². The van der Waals surface area contributed by atoms with Gasteiger partial charge in [-0.15, -0.1) is 0 Å². The van der Waals surface area contributed by atoms with Gasteiger partial charge in [0.2, 0.25) is 0 Å². The summed E-state index contributed by atoms with van der Waals surface area (Å²) in [6, 6.07) is 9.66. The van der Waals surface area contributed by atoms with E-state index >= 15 is 0 Å². The van der Waals surface area contributed by atoms with Crippen molar-refractivity contribution in [1.82, 2.24) is 5.32 Å². The van der Waals surface area contributed by atoms with Crippen molar-refractivity contribution in [2.75, 3.05) is 7.05 Å². The second kappa shape index (κ2) is 7.58. The normalized spacial score (nSPS) is 13.3. The van der Waals surface area contributed by atoms with Gasteiger partial charge in [-0.1, -0.05) is 52.0 Å². The number of rotatable bonds is 7. The van der Waals surface area contributed by atoms with E-state index in [0.29, 0.717) is 6.04 Å². The highest BCUT2D eigenvalue weighted by atomic mass is 14.9. The van der Waals surface area contributed by atoms with Crippen LogP contribution in [0.4, 0.5) is 0 Å². The SMILES string of the molecule is CNC(CCC(C)C)c1ccc(CC(C)C)cc1. The van der Waals surface area contributed by atoms with Gasteiger partial charge in [0.25, 0.3) is 0 Å². The molecule has 1 atom stereocenters. The Morgan fingerprint density at radius 2 is 1.50 bits per heavy atom. The van der Waals surface area contributed by atoms with Gasteiger partial charge in [0.1, 0.15) is 0 Å². The van der Waals surface area contributed by atoms with Gasteiger partial charge in [0, 0.05) is 6.04 Å². The molecule has 1 N–H and O–H groups in total. The fraction of sp³-hybridized carbons (Fsp3) is 0.647. The van der Waals surface area contributed by atoms with Gasteiger partial charge in [-0.25, -0.2) is 0 Å². The van der Waals surface area contributed by atoms with Crippen LogP contribution >= 0.6 is 0 Å². The molecule has 0 aliphatic rings. The van der Waals surface area contributed by atoms with Gasteiger partial charge < -0.3 is 5.32 Å². The molecule has 0 bridgehead atoms. The predicted molar refractivity (Wildman–Crippen MR) is 80.9 cm³/mol. The van der Waals surface area contributed by atoms with Crippen molar-refractivity contribution in [3.05, 3.63) is 35.4 Å². The largest absolute Gasteiger partial charge is 0.313 e. The molecule has 1 aromatic rings. The Morgan fingerprint density at radius 3 is 1.94 bits per heavy atom. The van der Waals surface area contributed by atoms with Crippen LogP contribution in [0.1, 0.15) is 57.7 Å². The van der Waals surface area contributed by atoms with Crippen LogP contribution < -0.4 is 5.32 Å². The fourth-order valence-electron chi connectivity index (χ4n) is 2.34. The second-order valence-electron chi connectivity index (χ2n) is 6.15. The molecule has 1 nitrogen and oxygen atoms in total. The maximum atomic E-state index is 3.43. The lowest BCUT2D eigenvalue weighted by atomic mass is 9.95. The molecule has 1 unspecified atom stereocenters. The number of benzene rings is 1. The Hall–Kier alpha value is -0.820. The average molecular weight is 247 g/mol. The standard InChI is InChI=1S/C17H29N/c1-13(2)6-11-17(18-5)16-9-7-15(8-10-16)12-14(3)4/h7-10,13-14,17-18H,6,11-12H2,1-5H3. The number of nitrogens with one attached hydrogen (secondary N) is 1. The molecule has 18 heavy (non-hydrogen) atoms. The molecular weight excluding hydrogens is 218 g/mol. The van der Waals surface area contributed by atoms with Crippen LogP contribution in [0, 0.1) is 11.8 Å². The minimum absolute atomic E-state index is 0.500. The van der Waals surface area contributed by atoms with Crippen LogP contribution in [0.15, 0.2) is 24.3 Å². The molecular formula is C17H29N. The topological polar surface area (TPSA) is 12.0 Å². The highest BCUT2D eigenvalue weighted by molar-refractivity contribution is 5.25. The summed E-state index contributed by atoms with van der Waals surface area (Å²) in [4.78, 5) is 0. The number of hydrogen-bond acceptors (Lipinski definition) is 1. The first kappa shape index (κ1) is 15.2. The molecule has 0 aromatic heterocycles. The Balaban J connectivity index is 2.63. The van der Waals surface area contributed by atoms with Gasteiger partial charge in [-0.05, 0) is 49.3 Å². The zero-order valence-electron chi connectivity index (χ0n) is 12.7. The molecule has 0 saturated heterocycles. The van der Waals surface area contributed by atoms with Crippen LogP contribution in [0.5, 0.6) is 0 Å². The first-order chi connectivity index (χ1) is 8.52. The molecule has 102 valence electrons. The van der Waals surface area contributed by atoms with Gasteiger partial charge in [0.05, 0.1) is 0 Å². The highest BCUT2D eigenvalue weighted by Crippen LogP contribution is 2.21. The summed E-state index contributed by atoms with van der Waals surface area (Å²) in [6.07, 6.45) is 3.67.